The van der Waals surface area contributed by atoms with Gasteiger partial charge >= 0.3 is 0 Å². The Morgan fingerprint density at radius 1 is 0.391 bits per heavy atom. The van der Waals surface area contributed by atoms with E-state index in [-0.39, 0.29) is 26.4 Å². The third-order valence-electron chi connectivity index (χ3n) is 13.2. The second kappa shape index (κ2) is 15.9. The van der Waals surface area contributed by atoms with Crippen LogP contribution in [0.25, 0.3) is 31.7 Å². The number of ether oxygens (including phenoxy) is 4. The highest BCUT2D eigenvalue weighted by Crippen LogP contribution is 2.64. The molecule has 2 aliphatic carbocycles. The standard InChI is InChI=1S/C54H48O8S2/c1-29-11-47-51(63-29)43-8-10-46-50-44(7-9-45(49(43)50)53(47,35-14-31(25-55)13-32(15-35)26-56)36-16-33(27-57)18-39(20-36)59-3)52-48(12-30(2)64-52)54(46,37-17-34(28-58)19-40(21-37)60-4)38-22-41(61-5)24-42(23-38)62-6/h7-24,55-58H,25-28H2,1-6H3. The van der Waals surface area contributed by atoms with Crippen LogP contribution < -0.4 is 18.9 Å². The Hall–Kier alpha value is -5.98. The number of fused-ring (bicyclic) bond motifs is 4. The fourth-order valence-electron chi connectivity index (χ4n) is 10.7. The summed E-state index contributed by atoms with van der Waals surface area (Å²) in [4.78, 5) is 4.49. The van der Waals surface area contributed by atoms with Crippen molar-refractivity contribution in [2.45, 2.75) is 51.1 Å². The highest BCUT2D eigenvalue weighted by molar-refractivity contribution is 7.16. The second-order valence-corrected chi connectivity index (χ2v) is 19.2. The zero-order valence-electron chi connectivity index (χ0n) is 36.5. The molecule has 6 aromatic carbocycles. The molecule has 0 radical (unpaired) electrons. The van der Waals surface area contributed by atoms with Gasteiger partial charge in [0, 0.05) is 36.7 Å². The maximum absolute atomic E-state index is 10.8. The number of hydrogen-bond acceptors (Lipinski definition) is 10. The maximum Gasteiger partial charge on any atom is 0.122 e. The molecule has 10 rings (SSSR count). The van der Waals surface area contributed by atoms with Crippen LogP contribution >= 0.6 is 22.7 Å². The Balaban J connectivity index is 1.46. The van der Waals surface area contributed by atoms with E-state index in [4.69, 9.17) is 18.9 Å². The zero-order chi connectivity index (χ0) is 44.7. The molecule has 2 aliphatic rings. The summed E-state index contributed by atoms with van der Waals surface area (Å²) in [7, 11) is 6.62. The third-order valence-corrected chi connectivity index (χ3v) is 15.4. The lowest BCUT2D eigenvalue weighted by atomic mass is 9.57. The average Bonchev–Trinajstić information content (AvgIpc) is 3.94. The minimum atomic E-state index is -1.02. The van der Waals surface area contributed by atoms with E-state index in [1.165, 1.54) is 0 Å². The fourth-order valence-corrected chi connectivity index (χ4v) is 12.9. The number of hydrogen-bond donors (Lipinski definition) is 4. The van der Waals surface area contributed by atoms with Gasteiger partial charge in [-0.15, -0.1) is 22.7 Å². The lowest BCUT2D eigenvalue weighted by molar-refractivity contribution is 0.275. The first-order valence-corrected chi connectivity index (χ1v) is 22.7. The Bertz CT molecular complexity index is 2750. The first-order chi connectivity index (χ1) is 31.1. The molecule has 0 saturated carbocycles. The number of aryl methyl sites for hydroxylation is 2. The van der Waals surface area contributed by atoms with E-state index in [9.17, 15) is 20.4 Å². The van der Waals surface area contributed by atoms with Crippen LogP contribution in [0.2, 0.25) is 0 Å². The van der Waals surface area contributed by atoms with E-state index in [0.717, 1.165) is 85.9 Å². The van der Waals surface area contributed by atoms with E-state index in [1.54, 1.807) is 51.1 Å². The zero-order valence-corrected chi connectivity index (χ0v) is 38.1. The summed E-state index contributed by atoms with van der Waals surface area (Å²) < 4.78 is 23.9. The van der Waals surface area contributed by atoms with Crippen molar-refractivity contribution < 1.29 is 39.4 Å². The predicted molar refractivity (Wildman–Crippen MR) is 254 cm³/mol. The van der Waals surface area contributed by atoms with E-state index in [0.29, 0.717) is 45.3 Å². The lowest BCUT2D eigenvalue weighted by Crippen LogP contribution is -2.36. The fraction of sp³-hybridized carbons (Fsp3) is 0.222. The van der Waals surface area contributed by atoms with Gasteiger partial charge in [-0.05, 0) is 140 Å². The van der Waals surface area contributed by atoms with Crippen molar-refractivity contribution in [1.29, 1.82) is 0 Å². The molecule has 2 heterocycles. The minimum absolute atomic E-state index is 0.186. The largest absolute Gasteiger partial charge is 0.497 e. The molecule has 0 fully saturated rings. The van der Waals surface area contributed by atoms with E-state index >= 15 is 0 Å². The van der Waals surface area contributed by atoms with Gasteiger partial charge in [-0.25, -0.2) is 0 Å². The molecule has 0 amide bonds. The Morgan fingerprint density at radius 3 is 1.08 bits per heavy atom. The molecule has 10 heteroatoms. The molecule has 2 aromatic heterocycles. The van der Waals surface area contributed by atoms with Gasteiger partial charge in [0.2, 0.25) is 0 Å². The molecule has 8 nitrogen and oxygen atoms in total. The summed E-state index contributed by atoms with van der Waals surface area (Å²) >= 11 is 3.50. The van der Waals surface area contributed by atoms with Crippen LogP contribution in [0.15, 0.2) is 109 Å². The van der Waals surface area contributed by atoms with Crippen LogP contribution in [0.4, 0.5) is 0 Å². The Labute approximate surface area is 380 Å². The number of benzene rings is 6. The number of rotatable bonds is 12. The molecular weight excluding hydrogens is 841 g/mol. The molecule has 324 valence electrons. The number of methoxy groups -OCH3 is 4. The highest BCUT2D eigenvalue weighted by Gasteiger charge is 2.51. The average molecular weight is 889 g/mol. The molecular formula is C54H48O8S2. The number of thiophene rings is 2. The van der Waals surface area contributed by atoms with Crippen molar-refractivity contribution in [3.05, 3.63) is 186 Å². The first kappa shape index (κ1) is 42.0. The van der Waals surface area contributed by atoms with Crippen molar-refractivity contribution >= 4 is 33.4 Å². The Kier molecular flexibility index (Phi) is 10.4. The molecule has 0 aliphatic heterocycles. The second-order valence-electron chi connectivity index (χ2n) is 16.7. The maximum atomic E-state index is 10.8. The molecule has 64 heavy (non-hydrogen) atoms. The van der Waals surface area contributed by atoms with Crippen molar-refractivity contribution in [1.82, 2.24) is 0 Å². The molecule has 0 saturated heterocycles. The van der Waals surface area contributed by atoms with Crippen LogP contribution in [0.3, 0.4) is 0 Å². The van der Waals surface area contributed by atoms with Crippen molar-refractivity contribution in [3.8, 4) is 43.9 Å². The van der Waals surface area contributed by atoms with Gasteiger partial charge in [0.15, 0.2) is 0 Å². The molecule has 0 bridgehead atoms. The minimum Gasteiger partial charge on any atom is -0.497 e. The summed E-state index contributed by atoms with van der Waals surface area (Å²) in [6.07, 6.45) is 0. The number of aliphatic hydroxyl groups is 4. The predicted octanol–water partition coefficient (Wildman–Crippen LogP) is 10.3. The summed E-state index contributed by atoms with van der Waals surface area (Å²) in [6, 6.07) is 37.7. The van der Waals surface area contributed by atoms with Gasteiger partial charge in [0.25, 0.3) is 0 Å². The topological polar surface area (TPSA) is 118 Å². The van der Waals surface area contributed by atoms with E-state index < -0.39 is 10.8 Å². The summed E-state index contributed by atoms with van der Waals surface area (Å²) in [5, 5.41) is 45.2. The van der Waals surface area contributed by atoms with Gasteiger partial charge in [-0.1, -0.05) is 54.6 Å². The summed E-state index contributed by atoms with van der Waals surface area (Å²) in [6.45, 7) is 3.46. The van der Waals surface area contributed by atoms with Crippen molar-refractivity contribution in [2.75, 3.05) is 28.4 Å². The van der Waals surface area contributed by atoms with E-state index in [2.05, 4.69) is 98.8 Å². The van der Waals surface area contributed by atoms with Crippen LogP contribution in [0.1, 0.15) is 76.5 Å². The van der Waals surface area contributed by atoms with Crippen LogP contribution in [0, 0.1) is 13.8 Å². The molecule has 8 aromatic rings. The Morgan fingerprint density at radius 2 is 0.719 bits per heavy atom. The van der Waals surface area contributed by atoms with E-state index in [1.807, 2.05) is 24.3 Å². The van der Waals surface area contributed by atoms with Gasteiger partial charge < -0.3 is 39.4 Å². The highest BCUT2D eigenvalue weighted by atomic mass is 32.1. The van der Waals surface area contributed by atoms with Gasteiger partial charge in [0.05, 0.1) is 65.7 Å². The lowest BCUT2D eigenvalue weighted by Gasteiger charge is -2.45. The van der Waals surface area contributed by atoms with Crippen LogP contribution in [-0.2, 0) is 37.3 Å². The molecule has 4 N–H and O–H groups in total. The van der Waals surface area contributed by atoms with Crippen LogP contribution in [0.5, 0.6) is 23.0 Å². The molecule has 0 spiro atoms. The summed E-state index contributed by atoms with van der Waals surface area (Å²) in [5.41, 5.74) is 10.7. The first-order valence-electron chi connectivity index (χ1n) is 21.1. The van der Waals surface area contributed by atoms with Gasteiger partial charge in [-0.3, -0.25) is 0 Å². The molecule has 2 atom stereocenters. The number of aliphatic hydroxyl groups excluding tert-OH is 4. The van der Waals surface area contributed by atoms with Gasteiger partial charge in [-0.2, -0.15) is 0 Å². The normalized spacial score (nSPS) is 17.0. The smallest absolute Gasteiger partial charge is 0.122 e. The third kappa shape index (κ3) is 6.01. The van der Waals surface area contributed by atoms with Crippen molar-refractivity contribution in [3.63, 3.8) is 0 Å². The van der Waals surface area contributed by atoms with Crippen LogP contribution in [-0.4, -0.2) is 48.9 Å². The quantitative estimate of drug-likeness (QED) is 0.0958. The monoisotopic (exact) mass is 888 g/mol. The molecule has 2 unspecified atom stereocenters. The summed E-state index contributed by atoms with van der Waals surface area (Å²) in [5.74, 6) is 2.50. The van der Waals surface area contributed by atoms with Crippen molar-refractivity contribution in [2.24, 2.45) is 0 Å². The SMILES string of the molecule is COc1cc(CO)cc(C2(c3cc(CO)cc(CO)c3)c3cc(C)sc3-c3ccc4c5c(ccc2c35)-c2sc(C)cc2C4(c2cc(CO)cc(OC)c2)c2cc(OC)cc(OC)c2)c1. The van der Waals surface area contributed by atoms with Gasteiger partial charge in [0.1, 0.15) is 23.0 Å².